The molecule has 1 aromatic carbocycles. The zero-order valence-electron chi connectivity index (χ0n) is 10.4. The van der Waals surface area contributed by atoms with Gasteiger partial charge in [-0.2, -0.15) is 0 Å². The first-order chi connectivity index (χ1) is 9.11. The van der Waals surface area contributed by atoms with Gasteiger partial charge in [-0.05, 0) is 37.6 Å². The van der Waals surface area contributed by atoms with E-state index in [4.69, 9.17) is 5.73 Å². The standard InChI is InChI=1S/C13H15N3O3/c14-6-2-1-3-11(17)15-8-4-5-9-10(7-8)13(19)16-12(9)18/h4-5,7H,1-3,6,14H2,(H,15,17)(H,16,18,19). The molecular weight excluding hydrogens is 246 g/mol. The van der Waals surface area contributed by atoms with E-state index in [0.717, 1.165) is 12.8 Å². The van der Waals surface area contributed by atoms with Crippen molar-refractivity contribution in [3.8, 4) is 0 Å². The summed E-state index contributed by atoms with van der Waals surface area (Å²) in [5, 5.41) is 4.90. The molecular formula is C13H15N3O3. The second-order valence-corrected chi connectivity index (χ2v) is 4.34. The van der Waals surface area contributed by atoms with Crippen LogP contribution in [0.4, 0.5) is 5.69 Å². The van der Waals surface area contributed by atoms with Gasteiger partial charge in [0.05, 0.1) is 11.1 Å². The van der Waals surface area contributed by atoms with E-state index in [9.17, 15) is 14.4 Å². The predicted molar refractivity (Wildman–Crippen MR) is 69.8 cm³/mol. The number of fused-ring (bicyclic) bond motifs is 1. The maximum absolute atomic E-state index is 11.6. The Morgan fingerprint density at radius 1 is 1.16 bits per heavy atom. The highest BCUT2D eigenvalue weighted by Gasteiger charge is 2.26. The van der Waals surface area contributed by atoms with Gasteiger partial charge in [-0.25, -0.2) is 0 Å². The molecule has 0 aliphatic carbocycles. The Labute approximate surface area is 110 Å². The number of nitrogens with two attached hydrogens (primary N) is 1. The topological polar surface area (TPSA) is 101 Å². The largest absolute Gasteiger partial charge is 0.330 e. The molecule has 19 heavy (non-hydrogen) atoms. The fourth-order valence-electron chi connectivity index (χ4n) is 1.90. The van der Waals surface area contributed by atoms with Crippen LogP contribution in [-0.4, -0.2) is 24.3 Å². The number of rotatable bonds is 5. The van der Waals surface area contributed by atoms with E-state index in [0.29, 0.717) is 29.8 Å². The van der Waals surface area contributed by atoms with E-state index in [1.54, 1.807) is 6.07 Å². The second-order valence-electron chi connectivity index (χ2n) is 4.34. The molecule has 6 nitrogen and oxygen atoms in total. The Balaban J connectivity index is 2.03. The predicted octanol–water partition coefficient (Wildman–Crippen LogP) is 0.638. The van der Waals surface area contributed by atoms with Crippen LogP contribution < -0.4 is 16.4 Å². The molecule has 3 amide bonds. The van der Waals surface area contributed by atoms with E-state index in [1.807, 2.05) is 0 Å². The molecule has 1 aliphatic heterocycles. The third-order valence-electron chi connectivity index (χ3n) is 2.88. The lowest BCUT2D eigenvalue weighted by Crippen LogP contribution is -2.19. The van der Waals surface area contributed by atoms with E-state index in [2.05, 4.69) is 10.6 Å². The molecule has 0 saturated carbocycles. The van der Waals surface area contributed by atoms with Crippen LogP contribution in [0.25, 0.3) is 0 Å². The van der Waals surface area contributed by atoms with Crippen molar-refractivity contribution < 1.29 is 14.4 Å². The van der Waals surface area contributed by atoms with Crippen LogP contribution in [-0.2, 0) is 4.79 Å². The van der Waals surface area contributed by atoms with Gasteiger partial charge in [0.15, 0.2) is 0 Å². The van der Waals surface area contributed by atoms with Crippen LogP contribution in [0.15, 0.2) is 18.2 Å². The normalized spacial score (nSPS) is 13.1. The van der Waals surface area contributed by atoms with Crippen LogP contribution in [0.5, 0.6) is 0 Å². The zero-order valence-corrected chi connectivity index (χ0v) is 10.4. The third kappa shape index (κ3) is 2.97. The molecule has 1 aromatic rings. The number of nitrogens with one attached hydrogen (secondary N) is 2. The summed E-state index contributed by atoms with van der Waals surface area (Å²) in [6, 6.07) is 4.65. The van der Waals surface area contributed by atoms with E-state index in [1.165, 1.54) is 12.1 Å². The van der Waals surface area contributed by atoms with Crippen LogP contribution in [0.2, 0.25) is 0 Å². The van der Waals surface area contributed by atoms with Crippen molar-refractivity contribution >= 4 is 23.4 Å². The second kappa shape index (κ2) is 5.62. The average molecular weight is 261 g/mol. The van der Waals surface area contributed by atoms with E-state index >= 15 is 0 Å². The lowest BCUT2D eigenvalue weighted by atomic mass is 10.1. The Morgan fingerprint density at radius 2 is 1.89 bits per heavy atom. The van der Waals surface area contributed by atoms with Crippen molar-refractivity contribution in [3.05, 3.63) is 29.3 Å². The zero-order chi connectivity index (χ0) is 13.8. The van der Waals surface area contributed by atoms with Crippen molar-refractivity contribution in [3.63, 3.8) is 0 Å². The number of unbranched alkanes of at least 4 members (excludes halogenated alkanes) is 1. The Bertz CT molecular complexity index is 540. The molecule has 2 rings (SSSR count). The van der Waals surface area contributed by atoms with Gasteiger partial charge in [0.1, 0.15) is 0 Å². The summed E-state index contributed by atoms with van der Waals surface area (Å²) in [7, 11) is 0. The summed E-state index contributed by atoms with van der Waals surface area (Å²) in [5.74, 6) is -0.960. The minimum atomic E-state index is -0.431. The minimum absolute atomic E-state index is 0.127. The first kappa shape index (κ1) is 13.2. The number of anilines is 1. The Hall–Kier alpha value is -2.21. The van der Waals surface area contributed by atoms with Crippen molar-refractivity contribution in [2.45, 2.75) is 19.3 Å². The van der Waals surface area contributed by atoms with Crippen LogP contribution in [0, 0.1) is 0 Å². The third-order valence-corrected chi connectivity index (χ3v) is 2.88. The molecule has 0 bridgehead atoms. The molecule has 1 heterocycles. The molecule has 0 aromatic heterocycles. The summed E-state index contributed by atoms with van der Waals surface area (Å²) in [4.78, 5) is 34.4. The Morgan fingerprint density at radius 3 is 2.63 bits per heavy atom. The van der Waals surface area contributed by atoms with Gasteiger partial charge in [-0.15, -0.1) is 0 Å². The van der Waals surface area contributed by atoms with Gasteiger partial charge < -0.3 is 11.1 Å². The number of amides is 3. The number of hydrogen-bond acceptors (Lipinski definition) is 4. The van der Waals surface area contributed by atoms with Gasteiger partial charge in [-0.3, -0.25) is 19.7 Å². The highest BCUT2D eigenvalue weighted by Crippen LogP contribution is 2.20. The maximum Gasteiger partial charge on any atom is 0.259 e. The number of carbonyl (C=O) groups is 3. The highest BCUT2D eigenvalue weighted by atomic mass is 16.2. The molecule has 0 radical (unpaired) electrons. The Kier molecular flexibility index (Phi) is 3.91. The first-order valence-corrected chi connectivity index (χ1v) is 6.11. The quantitative estimate of drug-likeness (QED) is 0.534. The maximum atomic E-state index is 11.6. The van der Waals surface area contributed by atoms with Gasteiger partial charge in [0, 0.05) is 12.1 Å². The van der Waals surface area contributed by atoms with Gasteiger partial charge in [0.25, 0.3) is 11.8 Å². The molecule has 0 unspecified atom stereocenters. The summed E-state index contributed by atoms with van der Waals surface area (Å²) in [5.41, 5.74) is 6.50. The first-order valence-electron chi connectivity index (χ1n) is 6.11. The van der Waals surface area contributed by atoms with Crippen molar-refractivity contribution in [2.24, 2.45) is 5.73 Å². The van der Waals surface area contributed by atoms with Crippen LogP contribution in [0.1, 0.15) is 40.0 Å². The van der Waals surface area contributed by atoms with Crippen molar-refractivity contribution in [2.75, 3.05) is 11.9 Å². The monoisotopic (exact) mass is 261 g/mol. The number of hydrogen-bond donors (Lipinski definition) is 3. The number of benzene rings is 1. The molecule has 0 spiro atoms. The number of imide groups is 1. The van der Waals surface area contributed by atoms with E-state index in [-0.39, 0.29) is 5.91 Å². The molecule has 0 atom stereocenters. The summed E-state index contributed by atoms with van der Waals surface area (Å²) >= 11 is 0. The van der Waals surface area contributed by atoms with Gasteiger partial charge in [-0.1, -0.05) is 0 Å². The lowest BCUT2D eigenvalue weighted by molar-refractivity contribution is -0.116. The SMILES string of the molecule is NCCCCC(=O)Nc1ccc2c(c1)C(=O)NC2=O. The fourth-order valence-corrected chi connectivity index (χ4v) is 1.90. The van der Waals surface area contributed by atoms with Gasteiger partial charge >= 0.3 is 0 Å². The molecule has 0 fully saturated rings. The summed E-state index contributed by atoms with van der Waals surface area (Å²) < 4.78 is 0. The van der Waals surface area contributed by atoms with Gasteiger partial charge in [0.2, 0.25) is 5.91 Å². The molecule has 4 N–H and O–H groups in total. The molecule has 100 valence electrons. The fraction of sp³-hybridized carbons (Fsp3) is 0.308. The van der Waals surface area contributed by atoms with Crippen LogP contribution >= 0.6 is 0 Å². The highest BCUT2D eigenvalue weighted by molar-refractivity contribution is 6.22. The van der Waals surface area contributed by atoms with E-state index < -0.39 is 11.8 Å². The molecule has 0 saturated heterocycles. The molecule has 6 heteroatoms. The summed E-state index contributed by atoms with van der Waals surface area (Å²) in [6.07, 6.45) is 1.92. The average Bonchev–Trinajstić information content (AvgIpc) is 2.65. The minimum Gasteiger partial charge on any atom is -0.330 e. The smallest absolute Gasteiger partial charge is 0.259 e. The lowest BCUT2D eigenvalue weighted by Gasteiger charge is -2.05. The van der Waals surface area contributed by atoms with Crippen molar-refractivity contribution in [1.82, 2.24) is 5.32 Å². The molecule has 1 aliphatic rings. The van der Waals surface area contributed by atoms with Crippen molar-refractivity contribution in [1.29, 1.82) is 0 Å². The summed E-state index contributed by atoms with van der Waals surface area (Å²) in [6.45, 7) is 0.564. The van der Waals surface area contributed by atoms with Crippen LogP contribution in [0.3, 0.4) is 0 Å². The number of carbonyl (C=O) groups excluding carboxylic acids is 3.